The first-order valence-electron chi connectivity index (χ1n) is 10.1. The molecule has 0 unspecified atom stereocenters. The Kier molecular flexibility index (Phi) is 7.81. The van der Waals surface area contributed by atoms with Gasteiger partial charge in [-0.05, 0) is 42.2 Å². The lowest BCUT2D eigenvalue weighted by Gasteiger charge is -2.10. The van der Waals surface area contributed by atoms with Crippen molar-refractivity contribution in [1.82, 2.24) is 15.4 Å². The molecule has 0 saturated carbocycles. The molecule has 3 rings (SSSR count). The number of carbonyl (C=O) groups is 1. The van der Waals surface area contributed by atoms with Gasteiger partial charge in [0.2, 0.25) is 10.0 Å². The first-order chi connectivity index (χ1) is 14.9. The molecule has 3 aromatic carbocycles. The topological polar surface area (TPSA) is 87.3 Å². The summed E-state index contributed by atoms with van der Waals surface area (Å²) in [6.45, 7) is 2.99. The molecule has 0 aromatic heterocycles. The number of amides is 2. The maximum Gasteiger partial charge on any atom is 0.315 e. The minimum Gasteiger partial charge on any atom is -0.338 e. The maximum absolute atomic E-state index is 12.4. The van der Waals surface area contributed by atoms with Crippen LogP contribution in [0, 0.1) is 6.92 Å². The Bertz CT molecular complexity index is 1100. The SMILES string of the molecule is Cc1ccc(S(=O)(=O)NCc2cccc(CNC(=O)NCCc3ccccc3)c2)cc1. The van der Waals surface area contributed by atoms with Crippen molar-refractivity contribution in [3.8, 4) is 0 Å². The molecule has 6 nitrogen and oxygen atoms in total. The second kappa shape index (κ2) is 10.7. The zero-order chi connectivity index (χ0) is 22.1. The van der Waals surface area contributed by atoms with Gasteiger partial charge in [-0.25, -0.2) is 17.9 Å². The summed E-state index contributed by atoms with van der Waals surface area (Å²) in [6, 6.07) is 23.9. The van der Waals surface area contributed by atoms with Gasteiger partial charge in [-0.2, -0.15) is 0 Å². The summed E-state index contributed by atoms with van der Waals surface area (Å²) in [4.78, 5) is 12.3. The molecule has 0 spiro atoms. The smallest absolute Gasteiger partial charge is 0.315 e. The molecule has 0 saturated heterocycles. The third-order valence-electron chi connectivity index (χ3n) is 4.78. The monoisotopic (exact) mass is 437 g/mol. The van der Waals surface area contributed by atoms with E-state index in [-0.39, 0.29) is 17.5 Å². The summed E-state index contributed by atoms with van der Waals surface area (Å²) in [7, 11) is -3.58. The lowest BCUT2D eigenvalue weighted by Crippen LogP contribution is -2.36. The Hall–Kier alpha value is -3.16. The maximum atomic E-state index is 12.4. The number of hydrogen-bond acceptors (Lipinski definition) is 3. The van der Waals surface area contributed by atoms with Crippen LogP contribution in [-0.4, -0.2) is 21.0 Å². The van der Waals surface area contributed by atoms with E-state index < -0.39 is 10.0 Å². The van der Waals surface area contributed by atoms with Gasteiger partial charge in [0.05, 0.1) is 4.90 Å². The van der Waals surface area contributed by atoms with Crippen LogP contribution in [0.5, 0.6) is 0 Å². The van der Waals surface area contributed by atoms with Crippen molar-refractivity contribution < 1.29 is 13.2 Å². The highest BCUT2D eigenvalue weighted by Crippen LogP contribution is 2.11. The zero-order valence-electron chi connectivity index (χ0n) is 17.5. The Morgan fingerprint density at radius 2 is 1.42 bits per heavy atom. The van der Waals surface area contributed by atoms with Gasteiger partial charge in [-0.3, -0.25) is 0 Å². The summed E-state index contributed by atoms with van der Waals surface area (Å²) in [5.41, 5.74) is 3.89. The quantitative estimate of drug-likeness (QED) is 0.479. The van der Waals surface area contributed by atoms with E-state index in [0.29, 0.717) is 13.1 Å². The number of nitrogens with one attached hydrogen (secondary N) is 3. The first kappa shape index (κ1) is 22.5. The molecule has 0 aliphatic rings. The van der Waals surface area contributed by atoms with Crippen molar-refractivity contribution in [1.29, 1.82) is 0 Å². The summed E-state index contributed by atoms with van der Waals surface area (Å²) < 4.78 is 27.5. The van der Waals surface area contributed by atoms with Crippen LogP contribution in [0.4, 0.5) is 4.79 Å². The third kappa shape index (κ3) is 7.24. The minimum absolute atomic E-state index is 0.174. The van der Waals surface area contributed by atoms with Crippen molar-refractivity contribution in [2.45, 2.75) is 31.3 Å². The van der Waals surface area contributed by atoms with Crippen LogP contribution in [0.3, 0.4) is 0 Å². The van der Waals surface area contributed by atoms with E-state index in [1.54, 1.807) is 24.3 Å². The fourth-order valence-electron chi connectivity index (χ4n) is 3.04. The van der Waals surface area contributed by atoms with Crippen molar-refractivity contribution in [3.05, 3.63) is 101 Å². The molecule has 3 aromatic rings. The number of urea groups is 1. The number of sulfonamides is 1. The van der Waals surface area contributed by atoms with Crippen LogP contribution in [0.1, 0.15) is 22.3 Å². The standard InChI is InChI=1S/C24H27N3O3S/c1-19-10-12-23(13-11-19)31(29,30)27-18-22-9-5-8-21(16-22)17-26-24(28)25-15-14-20-6-3-2-4-7-20/h2-13,16,27H,14-15,17-18H2,1H3,(H2,25,26,28). The second-order valence-electron chi connectivity index (χ2n) is 7.30. The summed E-state index contributed by atoms with van der Waals surface area (Å²) >= 11 is 0. The van der Waals surface area contributed by atoms with Gasteiger partial charge in [0.25, 0.3) is 0 Å². The molecule has 162 valence electrons. The molecule has 0 heterocycles. The normalized spacial score (nSPS) is 11.1. The van der Waals surface area contributed by atoms with Crippen LogP contribution in [0.2, 0.25) is 0 Å². The molecular weight excluding hydrogens is 410 g/mol. The van der Waals surface area contributed by atoms with E-state index in [4.69, 9.17) is 0 Å². The van der Waals surface area contributed by atoms with Gasteiger partial charge >= 0.3 is 6.03 Å². The summed E-state index contributed by atoms with van der Waals surface area (Å²) in [6.07, 6.45) is 0.769. The molecule has 0 fully saturated rings. The summed E-state index contributed by atoms with van der Waals surface area (Å²) in [5.74, 6) is 0. The summed E-state index contributed by atoms with van der Waals surface area (Å²) in [5, 5.41) is 5.67. The highest BCUT2D eigenvalue weighted by Gasteiger charge is 2.13. The predicted octanol–water partition coefficient (Wildman–Crippen LogP) is 3.52. The number of hydrogen-bond donors (Lipinski definition) is 3. The largest absolute Gasteiger partial charge is 0.338 e. The lowest BCUT2D eigenvalue weighted by molar-refractivity contribution is 0.240. The predicted molar refractivity (Wildman–Crippen MR) is 122 cm³/mol. The van der Waals surface area contributed by atoms with Gasteiger partial charge < -0.3 is 10.6 Å². The number of aryl methyl sites for hydroxylation is 1. The molecule has 0 aliphatic carbocycles. The Morgan fingerprint density at radius 3 is 2.13 bits per heavy atom. The van der Waals surface area contributed by atoms with E-state index in [1.165, 1.54) is 5.56 Å². The van der Waals surface area contributed by atoms with Crippen LogP contribution < -0.4 is 15.4 Å². The van der Waals surface area contributed by atoms with Gasteiger partial charge in [0.1, 0.15) is 0 Å². The van der Waals surface area contributed by atoms with E-state index >= 15 is 0 Å². The average Bonchev–Trinajstić information content (AvgIpc) is 2.78. The zero-order valence-corrected chi connectivity index (χ0v) is 18.3. The Morgan fingerprint density at radius 1 is 0.774 bits per heavy atom. The second-order valence-corrected chi connectivity index (χ2v) is 9.07. The Labute approximate surface area is 183 Å². The third-order valence-corrected chi connectivity index (χ3v) is 6.20. The van der Waals surface area contributed by atoms with Crippen LogP contribution in [-0.2, 0) is 29.5 Å². The molecule has 0 bridgehead atoms. The lowest BCUT2D eigenvalue weighted by atomic mass is 10.1. The van der Waals surface area contributed by atoms with Gasteiger partial charge in [0.15, 0.2) is 0 Å². The molecule has 3 N–H and O–H groups in total. The molecule has 0 atom stereocenters. The van der Waals surface area contributed by atoms with Crippen LogP contribution >= 0.6 is 0 Å². The molecule has 2 amide bonds. The van der Waals surface area contributed by atoms with Crippen molar-refractivity contribution in [3.63, 3.8) is 0 Å². The number of rotatable bonds is 9. The minimum atomic E-state index is -3.58. The van der Waals surface area contributed by atoms with Crippen molar-refractivity contribution in [2.24, 2.45) is 0 Å². The van der Waals surface area contributed by atoms with E-state index in [9.17, 15) is 13.2 Å². The van der Waals surface area contributed by atoms with Crippen molar-refractivity contribution in [2.75, 3.05) is 6.54 Å². The van der Waals surface area contributed by atoms with Crippen LogP contribution in [0.25, 0.3) is 0 Å². The molecule has 0 radical (unpaired) electrons. The van der Waals surface area contributed by atoms with Gasteiger partial charge in [0, 0.05) is 19.6 Å². The van der Waals surface area contributed by atoms with E-state index in [1.807, 2.05) is 61.5 Å². The fraction of sp³-hybridized carbons (Fsp3) is 0.208. The molecular formula is C24H27N3O3S. The van der Waals surface area contributed by atoms with Crippen molar-refractivity contribution >= 4 is 16.1 Å². The first-order valence-corrected chi connectivity index (χ1v) is 11.6. The Balaban J connectivity index is 1.46. The van der Waals surface area contributed by atoms with Crippen LogP contribution in [0.15, 0.2) is 83.8 Å². The molecule has 0 aliphatic heterocycles. The molecule has 31 heavy (non-hydrogen) atoms. The van der Waals surface area contributed by atoms with E-state index in [2.05, 4.69) is 15.4 Å². The molecule has 7 heteroatoms. The number of carbonyl (C=O) groups excluding carboxylic acids is 1. The average molecular weight is 438 g/mol. The fourth-order valence-corrected chi connectivity index (χ4v) is 4.06. The number of benzene rings is 3. The van der Waals surface area contributed by atoms with E-state index in [0.717, 1.165) is 23.1 Å². The van der Waals surface area contributed by atoms with Gasteiger partial charge in [-0.1, -0.05) is 72.3 Å². The highest BCUT2D eigenvalue weighted by atomic mass is 32.2. The highest BCUT2D eigenvalue weighted by molar-refractivity contribution is 7.89. The van der Waals surface area contributed by atoms with Gasteiger partial charge in [-0.15, -0.1) is 0 Å².